The van der Waals surface area contributed by atoms with Crippen molar-refractivity contribution in [2.45, 2.75) is 0 Å². The maximum Gasteiger partial charge on any atom is 0.178 e. The third-order valence-corrected chi connectivity index (χ3v) is 1.38. The quantitative estimate of drug-likeness (QED) is 0.359. The molecular weight excluding hydrogens is 108 g/mol. The third-order valence-electron chi connectivity index (χ3n) is 0.154. The van der Waals surface area contributed by atoms with Crippen molar-refractivity contribution >= 4 is 22.8 Å². The van der Waals surface area contributed by atoms with Crippen molar-refractivity contribution in [3.63, 3.8) is 0 Å². The van der Waals surface area contributed by atoms with Gasteiger partial charge in [0, 0.05) is 0 Å². The Kier molecular flexibility index (Phi) is 3.16. The summed E-state index contributed by atoms with van der Waals surface area (Å²) >= 11 is 4.23. The topological polar surface area (TPSA) is 23.1 Å². The van der Waals surface area contributed by atoms with Crippen LogP contribution in [0.5, 0.6) is 0 Å². The third kappa shape index (κ3) is 4.60. The van der Waals surface area contributed by atoms with Crippen LogP contribution < -0.4 is 0 Å². The van der Waals surface area contributed by atoms with Gasteiger partial charge in [-0.05, 0) is 11.2 Å². The van der Waals surface area contributed by atoms with Crippen molar-refractivity contribution in [3.8, 4) is 0 Å². The minimum Gasteiger partial charge on any atom is -0.616 e. The summed E-state index contributed by atoms with van der Waals surface area (Å²) < 4.78 is 9.79. The maximum atomic E-state index is 9.79. The predicted octanol–water partition coefficient (Wildman–Crippen LogP) is 0.561. The molecule has 0 saturated carbocycles. The summed E-state index contributed by atoms with van der Waals surface area (Å²) in [5, 5.41) is 0.250. The Bertz CT molecular complexity index is 23.6. The van der Waals surface area contributed by atoms with E-state index in [9.17, 15) is 4.55 Å². The Labute approximate surface area is 39.5 Å². The molecule has 1 unspecified atom stereocenters. The monoisotopic (exact) mass is 112 g/mol. The lowest BCUT2D eigenvalue weighted by molar-refractivity contribution is 0.605. The van der Waals surface area contributed by atoms with E-state index in [0.717, 1.165) is 0 Å². The molecule has 0 radical (unpaired) electrons. The van der Waals surface area contributed by atoms with Gasteiger partial charge in [-0.25, -0.2) is 0 Å². The molecule has 0 spiro atoms. The standard InChI is InChI=1S/C2H5ClOS/c1-5(4)2-3/h2H2,1H3. The molecule has 0 saturated heterocycles. The zero-order valence-electron chi connectivity index (χ0n) is 2.90. The van der Waals surface area contributed by atoms with Crippen molar-refractivity contribution in [1.29, 1.82) is 0 Å². The summed E-state index contributed by atoms with van der Waals surface area (Å²) in [6.45, 7) is 0. The van der Waals surface area contributed by atoms with Gasteiger partial charge in [-0.2, -0.15) is 0 Å². The van der Waals surface area contributed by atoms with Gasteiger partial charge in [0.15, 0.2) is 5.21 Å². The highest BCUT2D eigenvalue weighted by Gasteiger charge is 1.83. The van der Waals surface area contributed by atoms with Crippen LogP contribution in [0.3, 0.4) is 0 Å². The fourth-order valence-corrected chi connectivity index (χ4v) is 0. The first-order valence-electron chi connectivity index (χ1n) is 1.13. The molecule has 0 bridgehead atoms. The van der Waals surface area contributed by atoms with Crippen LogP contribution >= 0.6 is 11.6 Å². The lowest BCUT2D eigenvalue weighted by Gasteiger charge is -1.93. The van der Waals surface area contributed by atoms with Gasteiger partial charge in [0.1, 0.15) is 0 Å². The molecule has 0 fully saturated rings. The second-order valence-corrected chi connectivity index (χ2v) is 2.70. The van der Waals surface area contributed by atoms with Crippen LogP contribution in [0.4, 0.5) is 0 Å². The smallest absolute Gasteiger partial charge is 0.178 e. The minimum atomic E-state index is -0.807. The van der Waals surface area contributed by atoms with Gasteiger partial charge in [-0.15, -0.1) is 0 Å². The largest absolute Gasteiger partial charge is 0.616 e. The first kappa shape index (κ1) is 5.60. The van der Waals surface area contributed by atoms with E-state index in [0.29, 0.717) is 0 Å². The van der Waals surface area contributed by atoms with Crippen LogP contribution in [0.25, 0.3) is 0 Å². The van der Waals surface area contributed by atoms with E-state index in [1.165, 1.54) is 0 Å². The number of hydrogen-bond donors (Lipinski definition) is 0. The van der Waals surface area contributed by atoms with Gasteiger partial charge in [0.2, 0.25) is 0 Å². The van der Waals surface area contributed by atoms with Gasteiger partial charge in [0.05, 0.1) is 6.26 Å². The SMILES string of the molecule is C[S+]([O-])CCl. The van der Waals surface area contributed by atoms with Crippen LogP contribution in [0.2, 0.25) is 0 Å². The second kappa shape index (κ2) is 2.82. The number of rotatable bonds is 1. The molecule has 0 aromatic heterocycles. The number of halogens is 1. The molecule has 0 heterocycles. The van der Waals surface area contributed by atoms with E-state index in [4.69, 9.17) is 11.6 Å². The van der Waals surface area contributed by atoms with E-state index in [-0.39, 0.29) is 5.21 Å². The minimum absolute atomic E-state index is 0.250. The highest BCUT2D eigenvalue weighted by Crippen LogP contribution is 1.83. The van der Waals surface area contributed by atoms with Crippen LogP contribution in [0.15, 0.2) is 0 Å². The summed E-state index contributed by atoms with van der Waals surface area (Å²) in [6.07, 6.45) is 1.56. The van der Waals surface area contributed by atoms with Crippen LogP contribution in [-0.2, 0) is 11.2 Å². The lowest BCUT2D eigenvalue weighted by atomic mass is 11.9. The Hall–Kier alpha value is 0.600. The second-order valence-electron chi connectivity index (χ2n) is 0.682. The van der Waals surface area contributed by atoms with Crippen molar-refractivity contribution in [2.24, 2.45) is 0 Å². The Morgan fingerprint density at radius 2 is 2.20 bits per heavy atom. The fraction of sp³-hybridized carbons (Fsp3) is 1.00. The fourth-order valence-electron chi connectivity index (χ4n) is 0. The van der Waals surface area contributed by atoms with E-state index in [1.54, 1.807) is 6.26 Å². The molecule has 1 nitrogen and oxygen atoms in total. The first-order chi connectivity index (χ1) is 2.27. The van der Waals surface area contributed by atoms with Gasteiger partial charge < -0.3 is 4.55 Å². The van der Waals surface area contributed by atoms with Crippen molar-refractivity contribution in [2.75, 3.05) is 11.5 Å². The molecule has 32 valence electrons. The number of hydrogen-bond acceptors (Lipinski definition) is 1. The Balaban J connectivity index is 2.54. The molecular formula is C2H5ClOS. The summed E-state index contributed by atoms with van der Waals surface area (Å²) in [7, 11) is 0. The summed E-state index contributed by atoms with van der Waals surface area (Å²) in [5.74, 6) is 0. The normalized spacial score (nSPS) is 15.0. The molecule has 5 heavy (non-hydrogen) atoms. The molecule has 0 aliphatic rings. The van der Waals surface area contributed by atoms with E-state index in [2.05, 4.69) is 0 Å². The average Bonchev–Trinajstić information content (AvgIpc) is 1.38. The zero-order chi connectivity index (χ0) is 4.28. The maximum absolute atomic E-state index is 9.79. The van der Waals surface area contributed by atoms with Crippen LogP contribution in [0.1, 0.15) is 0 Å². The molecule has 0 N–H and O–H groups in total. The molecule has 0 amide bonds. The van der Waals surface area contributed by atoms with Crippen molar-refractivity contribution in [3.05, 3.63) is 0 Å². The van der Waals surface area contributed by atoms with E-state index in [1.807, 2.05) is 0 Å². The zero-order valence-corrected chi connectivity index (χ0v) is 4.47. The summed E-state index contributed by atoms with van der Waals surface area (Å²) in [6, 6.07) is 0. The van der Waals surface area contributed by atoms with E-state index < -0.39 is 11.2 Å². The number of alkyl halides is 1. The van der Waals surface area contributed by atoms with Crippen LogP contribution in [-0.4, -0.2) is 16.0 Å². The van der Waals surface area contributed by atoms with Crippen LogP contribution in [0, 0.1) is 0 Å². The van der Waals surface area contributed by atoms with Crippen molar-refractivity contribution < 1.29 is 4.55 Å². The predicted molar refractivity (Wildman–Crippen MR) is 24.8 cm³/mol. The Morgan fingerprint density at radius 3 is 2.20 bits per heavy atom. The molecule has 0 aliphatic carbocycles. The van der Waals surface area contributed by atoms with E-state index >= 15 is 0 Å². The summed E-state index contributed by atoms with van der Waals surface area (Å²) in [4.78, 5) is 0. The first-order valence-corrected chi connectivity index (χ1v) is 3.39. The van der Waals surface area contributed by atoms with Gasteiger partial charge in [-0.1, -0.05) is 11.6 Å². The lowest BCUT2D eigenvalue weighted by Crippen LogP contribution is -1.94. The molecule has 3 heteroatoms. The highest BCUT2D eigenvalue weighted by molar-refractivity contribution is 7.91. The highest BCUT2D eigenvalue weighted by atomic mass is 35.5. The molecule has 1 atom stereocenters. The molecule has 0 aromatic carbocycles. The summed E-state index contributed by atoms with van der Waals surface area (Å²) in [5.41, 5.74) is 0. The molecule has 0 aromatic rings. The van der Waals surface area contributed by atoms with Gasteiger partial charge in [0.25, 0.3) is 0 Å². The van der Waals surface area contributed by atoms with Gasteiger partial charge in [-0.3, -0.25) is 0 Å². The molecule has 0 rings (SSSR count). The Morgan fingerprint density at radius 1 is 2.00 bits per heavy atom. The molecule has 0 aliphatic heterocycles. The van der Waals surface area contributed by atoms with Gasteiger partial charge >= 0.3 is 0 Å². The average molecular weight is 113 g/mol. The van der Waals surface area contributed by atoms with Crippen molar-refractivity contribution in [1.82, 2.24) is 0 Å².